The summed E-state index contributed by atoms with van der Waals surface area (Å²) in [5.41, 5.74) is 2.91. The van der Waals surface area contributed by atoms with Gasteiger partial charge in [-0.05, 0) is 55.0 Å². The third-order valence-electron chi connectivity index (χ3n) is 5.92. The molecule has 0 unspecified atom stereocenters. The van der Waals surface area contributed by atoms with Crippen molar-refractivity contribution >= 4 is 28.6 Å². The Morgan fingerprint density at radius 3 is 2.62 bits per heavy atom. The van der Waals surface area contributed by atoms with E-state index in [2.05, 4.69) is 43.4 Å². The molecule has 1 aliphatic carbocycles. The van der Waals surface area contributed by atoms with Crippen LogP contribution in [0.15, 0.2) is 64.5 Å². The molecule has 0 bridgehead atoms. The standard InChI is InChI=1S/C25H28N2OS/c1-3-18-12-14-19(15-13-18)29-24-16-21(20-9-5-7-11-23(20)26-24)25(28)27-22-10-6-4-8-17(22)2/h5,7,9,11-17,22H,3-4,6,8,10H2,1-2H3,(H,27,28)/t17-,22+/m0/s1. The Kier molecular flexibility index (Phi) is 6.19. The number of carbonyl (C=O) groups is 1. The van der Waals surface area contributed by atoms with E-state index >= 15 is 0 Å². The Morgan fingerprint density at radius 1 is 1.10 bits per heavy atom. The van der Waals surface area contributed by atoms with Crippen molar-refractivity contribution in [2.24, 2.45) is 5.92 Å². The van der Waals surface area contributed by atoms with E-state index in [1.165, 1.54) is 24.8 Å². The predicted octanol–water partition coefficient (Wildman–Crippen LogP) is 6.26. The lowest BCUT2D eigenvalue weighted by atomic mass is 9.86. The molecule has 1 amide bonds. The highest BCUT2D eigenvalue weighted by Crippen LogP contribution is 2.31. The van der Waals surface area contributed by atoms with Crippen molar-refractivity contribution in [1.82, 2.24) is 10.3 Å². The molecular weight excluding hydrogens is 376 g/mol. The number of para-hydroxylation sites is 1. The van der Waals surface area contributed by atoms with Gasteiger partial charge in [0, 0.05) is 16.3 Å². The van der Waals surface area contributed by atoms with Crippen molar-refractivity contribution in [3.63, 3.8) is 0 Å². The zero-order valence-corrected chi connectivity index (χ0v) is 18.0. The number of pyridine rings is 1. The molecule has 1 N–H and O–H groups in total. The third-order valence-corrected chi connectivity index (χ3v) is 6.85. The maximum Gasteiger partial charge on any atom is 0.252 e. The zero-order valence-electron chi connectivity index (χ0n) is 17.2. The molecule has 2 atom stereocenters. The summed E-state index contributed by atoms with van der Waals surface area (Å²) in [4.78, 5) is 19.1. The van der Waals surface area contributed by atoms with Crippen molar-refractivity contribution in [3.05, 3.63) is 65.7 Å². The maximum atomic E-state index is 13.2. The molecule has 2 aromatic carbocycles. The number of amides is 1. The molecule has 1 aromatic heterocycles. The molecule has 1 fully saturated rings. The Morgan fingerprint density at radius 2 is 1.86 bits per heavy atom. The number of aryl methyl sites for hydroxylation is 1. The molecule has 4 rings (SSSR count). The smallest absolute Gasteiger partial charge is 0.252 e. The molecule has 29 heavy (non-hydrogen) atoms. The Bertz CT molecular complexity index is 999. The van der Waals surface area contributed by atoms with Crippen LogP contribution in [0.4, 0.5) is 0 Å². The fourth-order valence-corrected chi connectivity index (χ4v) is 4.92. The number of hydrogen-bond donors (Lipinski definition) is 1. The van der Waals surface area contributed by atoms with E-state index in [0.29, 0.717) is 5.92 Å². The van der Waals surface area contributed by atoms with E-state index in [9.17, 15) is 4.79 Å². The minimum Gasteiger partial charge on any atom is -0.349 e. The number of rotatable bonds is 5. The average Bonchev–Trinajstić information content (AvgIpc) is 2.75. The highest BCUT2D eigenvalue weighted by molar-refractivity contribution is 7.99. The van der Waals surface area contributed by atoms with E-state index < -0.39 is 0 Å². The van der Waals surface area contributed by atoms with Crippen LogP contribution in [0.25, 0.3) is 10.9 Å². The molecule has 1 saturated carbocycles. The van der Waals surface area contributed by atoms with Crippen molar-refractivity contribution in [2.75, 3.05) is 0 Å². The Balaban J connectivity index is 1.63. The predicted molar refractivity (Wildman–Crippen MR) is 121 cm³/mol. The van der Waals surface area contributed by atoms with Crippen molar-refractivity contribution < 1.29 is 4.79 Å². The molecule has 0 aliphatic heterocycles. The van der Waals surface area contributed by atoms with Crippen LogP contribution in [0.3, 0.4) is 0 Å². The van der Waals surface area contributed by atoms with Gasteiger partial charge in [0.25, 0.3) is 5.91 Å². The van der Waals surface area contributed by atoms with Gasteiger partial charge in [-0.25, -0.2) is 4.98 Å². The highest BCUT2D eigenvalue weighted by Gasteiger charge is 2.24. The summed E-state index contributed by atoms with van der Waals surface area (Å²) in [5.74, 6) is 0.553. The van der Waals surface area contributed by atoms with E-state index in [1.54, 1.807) is 11.8 Å². The lowest BCUT2D eigenvalue weighted by Gasteiger charge is -2.29. The average molecular weight is 405 g/mol. The summed E-state index contributed by atoms with van der Waals surface area (Å²) in [6.07, 6.45) is 5.76. The van der Waals surface area contributed by atoms with Gasteiger partial charge < -0.3 is 5.32 Å². The third kappa shape index (κ3) is 4.64. The molecule has 0 radical (unpaired) electrons. The lowest BCUT2D eigenvalue weighted by molar-refractivity contribution is 0.0911. The Hall–Kier alpha value is -2.33. The molecule has 0 saturated heterocycles. The monoisotopic (exact) mass is 404 g/mol. The number of fused-ring (bicyclic) bond motifs is 1. The van der Waals surface area contributed by atoms with Crippen LogP contribution in [-0.2, 0) is 6.42 Å². The van der Waals surface area contributed by atoms with Gasteiger partial charge in [-0.1, -0.05) is 68.8 Å². The van der Waals surface area contributed by atoms with Crippen LogP contribution in [0, 0.1) is 5.92 Å². The number of nitrogens with zero attached hydrogens (tertiary/aromatic N) is 1. The van der Waals surface area contributed by atoms with E-state index in [1.807, 2.05) is 30.3 Å². The van der Waals surface area contributed by atoms with Gasteiger partial charge in [-0.15, -0.1) is 0 Å². The molecule has 1 aliphatic rings. The minimum absolute atomic E-state index is 0.0190. The quantitative estimate of drug-likeness (QED) is 0.546. The van der Waals surface area contributed by atoms with Crippen LogP contribution >= 0.6 is 11.8 Å². The van der Waals surface area contributed by atoms with Crippen LogP contribution in [0.1, 0.15) is 55.5 Å². The molecule has 0 spiro atoms. The SMILES string of the molecule is CCc1ccc(Sc2cc(C(=O)N[C@@H]3CCCC[C@@H]3C)c3ccccc3n2)cc1. The second-order valence-electron chi connectivity index (χ2n) is 7.97. The number of aromatic nitrogens is 1. The second-order valence-corrected chi connectivity index (χ2v) is 9.06. The summed E-state index contributed by atoms with van der Waals surface area (Å²) >= 11 is 1.61. The van der Waals surface area contributed by atoms with Gasteiger partial charge in [0.05, 0.1) is 11.1 Å². The molecular formula is C25H28N2OS. The lowest BCUT2D eigenvalue weighted by Crippen LogP contribution is -2.41. The van der Waals surface area contributed by atoms with Gasteiger partial charge >= 0.3 is 0 Å². The van der Waals surface area contributed by atoms with Gasteiger partial charge in [0.1, 0.15) is 5.03 Å². The Labute approximate surface area is 177 Å². The van der Waals surface area contributed by atoms with Crippen molar-refractivity contribution in [1.29, 1.82) is 0 Å². The van der Waals surface area contributed by atoms with Gasteiger partial charge in [-0.2, -0.15) is 0 Å². The fraction of sp³-hybridized carbons (Fsp3) is 0.360. The zero-order chi connectivity index (χ0) is 20.2. The first-order valence-corrected chi connectivity index (χ1v) is 11.4. The van der Waals surface area contributed by atoms with E-state index in [4.69, 9.17) is 4.98 Å². The fourth-order valence-electron chi connectivity index (χ4n) is 4.08. The first kappa shape index (κ1) is 20.0. The number of benzene rings is 2. The first-order chi connectivity index (χ1) is 14.1. The van der Waals surface area contributed by atoms with E-state index in [-0.39, 0.29) is 11.9 Å². The van der Waals surface area contributed by atoms with Gasteiger partial charge in [0.15, 0.2) is 0 Å². The van der Waals surface area contributed by atoms with Crippen molar-refractivity contribution in [2.45, 2.75) is 61.9 Å². The molecule has 3 aromatic rings. The normalized spacial score (nSPS) is 19.2. The maximum absolute atomic E-state index is 13.2. The van der Waals surface area contributed by atoms with Crippen LogP contribution in [-0.4, -0.2) is 16.9 Å². The summed E-state index contributed by atoms with van der Waals surface area (Å²) in [6, 6.07) is 18.7. The highest BCUT2D eigenvalue weighted by atomic mass is 32.2. The van der Waals surface area contributed by atoms with Gasteiger partial charge in [0.2, 0.25) is 0 Å². The summed E-state index contributed by atoms with van der Waals surface area (Å²) in [5, 5.41) is 5.08. The first-order valence-electron chi connectivity index (χ1n) is 10.6. The van der Waals surface area contributed by atoms with Crippen LogP contribution in [0.2, 0.25) is 0 Å². The largest absolute Gasteiger partial charge is 0.349 e. The number of hydrogen-bond acceptors (Lipinski definition) is 3. The van der Waals surface area contributed by atoms with Crippen molar-refractivity contribution in [3.8, 4) is 0 Å². The topological polar surface area (TPSA) is 42.0 Å². The summed E-state index contributed by atoms with van der Waals surface area (Å²) in [6.45, 7) is 4.40. The minimum atomic E-state index is 0.0190. The summed E-state index contributed by atoms with van der Waals surface area (Å²) < 4.78 is 0. The molecule has 4 heteroatoms. The molecule has 150 valence electrons. The summed E-state index contributed by atoms with van der Waals surface area (Å²) in [7, 11) is 0. The number of nitrogens with one attached hydrogen (secondary N) is 1. The second kappa shape index (κ2) is 9.00. The molecule has 1 heterocycles. The van der Waals surface area contributed by atoms with E-state index in [0.717, 1.165) is 39.2 Å². The number of carbonyl (C=O) groups excluding carboxylic acids is 1. The van der Waals surface area contributed by atoms with Crippen LogP contribution in [0.5, 0.6) is 0 Å². The van der Waals surface area contributed by atoms with Gasteiger partial charge in [-0.3, -0.25) is 4.79 Å². The molecule has 3 nitrogen and oxygen atoms in total. The van der Waals surface area contributed by atoms with Crippen LogP contribution < -0.4 is 5.32 Å².